The summed E-state index contributed by atoms with van der Waals surface area (Å²) in [6, 6.07) is 4.22. The van der Waals surface area contributed by atoms with Gasteiger partial charge in [0.2, 0.25) is 0 Å². The Morgan fingerprint density at radius 2 is 2.11 bits per heavy atom. The van der Waals surface area contributed by atoms with E-state index in [1.807, 2.05) is 0 Å². The Balaban J connectivity index is 2.31. The fourth-order valence-corrected chi connectivity index (χ4v) is 1.46. The van der Waals surface area contributed by atoms with Crippen LogP contribution in [0.2, 0.25) is 0 Å². The van der Waals surface area contributed by atoms with E-state index >= 15 is 0 Å². The lowest BCUT2D eigenvalue weighted by atomic mass is 10.2. The van der Waals surface area contributed by atoms with E-state index < -0.39 is 11.9 Å². The zero-order valence-corrected chi connectivity index (χ0v) is 11.1. The van der Waals surface area contributed by atoms with Crippen LogP contribution in [0.1, 0.15) is 25.3 Å². The van der Waals surface area contributed by atoms with E-state index in [4.69, 9.17) is 14.6 Å². The maximum absolute atomic E-state index is 13.5. The first-order chi connectivity index (χ1) is 9.17. The first-order valence-corrected chi connectivity index (χ1v) is 6.45. The van der Waals surface area contributed by atoms with Crippen LogP contribution in [0.5, 0.6) is 5.75 Å². The molecule has 1 aromatic rings. The SMILES string of the molecule is CCCCOCC(O)COc1ccc(CO)cc1F. The lowest BCUT2D eigenvalue weighted by Gasteiger charge is -2.13. The van der Waals surface area contributed by atoms with Gasteiger partial charge in [-0.3, -0.25) is 0 Å². The van der Waals surface area contributed by atoms with E-state index in [0.717, 1.165) is 12.8 Å². The van der Waals surface area contributed by atoms with Crippen LogP contribution in [0.25, 0.3) is 0 Å². The fourth-order valence-electron chi connectivity index (χ4n) is 1.46. The molecule has 0 saturated carbocycles. The second-order valence-electron chi connectivity index (χ2n) is 4.32. The van der Waals surface area contributed by atoms with Crippen LogP contribution in [0.3, 0.4) is 0 Å². The maximum Gasteiger partial charge on any atom is 0.165 e. The van der Waals surface area contributed by atoms with Crippen molar-refractivity contribution in [1.29, 1.82) is 0 Å². The van der Waals surface area contributed by atoms with Gasteiger partial charge >= 0.3 is 0 Å². The third-order valence-corrected chi connectivity index (χ3v) is 2.56. The highest BCUT2D eigenvalue weighted by Crippen LogP contribution is 2.18. The van der Waals surface area contributed by atoms with Crippen molar-refractivity contribution >= 4 is 0 Å². The van der Waals surface area contributed by atoms with E-state index in [0.29, 0.717) is 12.2 Å². The first-order valence-electron chi connectivity index (χ1n) is 6.45. The molecule has 0 aliphatic carbocycles. The third kappa shape index (κ3) is 6.00. The third-order valence-electron chi connectivity index (χ3n) is 2.56. The van der Waals surface area contributed by atoms with Gasteiger partial charge in [0.1, 0.15) is 12.7 Å². The summed E-state index contributed by atoms with van der Waals surface area (Å²) in [7, 11) is 0. The number of unbranched alkanes of at least 4 members (excludes halogenated alkanes) is 1. The molecule has 0 fully saturated rings. The number of hydrogen-bond donors (Lipinski definition) is 2. The monoisotopic (exact) mass is 272 g/mol. The zero-order valence-electron chi connectivity index (χ0n) is 11.1. The molecule has 0 heterocycles. The summed E-state index contributed by atoms with van der Waals surface area (Å²) >= 11 is 0. The molecule has 0 saturated heterocycles. The fraction of sp³-hybridized carbons (Fsp3) is 0.571. The van der Waals surface area contributed by atoms with Crippen molar-refractivity contribution in [3.8, 4) is 5.75 Å². The van der Waals surface area contributed by atoms with Crippen LogP contribution in [0.15, 0.2) is 18.2 Å². The van der Waals surface area contributed by atoms with Gasteiger partial charge in [0.05, 0.1) is 13.2 Å². The number of rotatable bonds is 9. The van der Waals surface area contributed by atoms with Gasteiger partial charge in [-0.15, -0.1) is 0 Å². The summed E-state index contributed by atoms with van der Waals surface area (Å²) in [5, 5.41) is 18.4. The number of aliphatic hydroxyl groups excluding tert-OH is 2. The average molecular weight is 272 g/mol. The second-order valence-corrected chi connectivity index (χ2v) is 4.32. The maximum atomic E-state index is 13.5. The highest BCUT2D eigenvalue weighted by molar-refractivity contribution is 5.28. The topological polar surface area (TPSA) is 58.9 Å². The molecule has 1 rings (SSSR count). The number of ether oxygens (including phenoxy) is 2. The van der Waals surface area contributed by atoms with Crippen LogP contribution < -0.4 is 4.74 Å². The standard InChI is InChI=1S/C14H21FO4/c1-2-3-6-18-9-12(17)10-19-14-5-4-11(8-16)7-13(14)15/h4-5,7,12,16-17H,2-3,6,8-10H2,1H3. The Bertz CT molecular complexity index is 370. The van der Waals surface area contributed by atoms with E-state index in [9.17, 15) is 9.50 Å². The Morgan fingerprint density at radius 3 is 2.74 bits per heavy atom. The van der Waals surface area contributed by atoms with Crippen LogP contribution in [0, 0.1) is 5.82 Å². The molecule has 2 N–H and O–H groups in total. The molecule has 5 heteroatoms. The lowest BCUT2D eigenvalue weighted by molar-refractivity contribution is 0.0106. The normalized spacial score (nSPS) is 12.4. The summed E-state index contributed by atoms with van der Waals surface area (Å²) < 4.78 is 23.9. The van der Waals surface area contributed by atoms with E-state index in [2.05, 4.69) is 6.92 Å². The van der Waals surface area contributed by atoms with Crippen molar-refractivity contribution in [1.82, 2.24) is 0 Å². The van der Waals surface area contributed by atoms with Gasteiger partial charge in [0, 0.05) is 6.61 Å². The first kappa shape index (κ1) is 15.9. The predicted octanol–water partition coefficient (Wildman–Crippen LogP) is 1.87. The van der Waals surface area contributed by atoms with Crippen molar-refractivity contribution in [2.45, 2.75) is 32.5 Å². The summed E-state index contributed by atoms with van der Waals surface area (Å²) in [4.78, 5) is 0. The zero-order chi connectivity index (χ0) is 14.1. The highest BCUT2D eigenvalue weighted by atomic mass is 19.1. The van der Waals surface area contributed by atoms with Crippen LogP contribution in [-0.2, 0) is 11.3 Å². The van der Waals surface area contributed by atoms with Gasteiger partial charge < -0.3 is 19.7 Å². The number of benzene rings is 1. The summed E-state index contributed by atoms with van der Waals surface area (Å²) in [5.41, 5.74) is 0.480. The summed E-state index contributed by atoms with van der Waals surface area (Å²) in [5.74, 6) is -0.490. The van der Waals surface area contributed by atoms with Gasteiger partial charge in [0.25, 0.3) is 0 Å². The molecule has 0 spiro atoms. The van der Waals surface area contributed by atoms with Gasteiger partial charge in [0.15, 0.2) is 11.6 Å². The molecular weight excluding hydrogens is 251 g/mol. The minimum absolute atomic E-state index is 0.0263. The van der Waals surface area contributed by atoms with Crippen molar-refractivity contribution in [3.63, 3.8) is 0 Å². The molecular formula is C14H21FO4. The Kier molecular flexibility index (Phi) is 7.40. The van der Waals surface area contributed by atoms with Crippen LogP contribution in [-0.4, -0.2) is 36.1 Å². The molecule has 1 aromatic carbocycles. The largest absolute Gasteiger partial charge is 0.488 e. The average Bonchev–Trinajstić information content (AvgIpc) is 2.42. The molecule has 0 aliphatic rings. The summed E-state index contributed by atoms with van der Waals surface area (Å²) in [6.07, 6.45) is 1.20. The molecule has 0 aromatic heterocycles. The molecule has 0 aliphatic heterocycles. The van der Waals surface area contributed by atoms with Crippen molar-refractivity contribution in [2.75, 3.05) is 19.8 Å². The van der Waals surface area contributed by atoms with Crippen LogP contribution >= 0.6 is 0 Å². The molecule has 19 heavy (non-hydrogen) atoms. The number of hydrogen-bond acceptors (Lipinski definition) is 4. The quantitative estimate of drug-likeness (QED) is 0.674. The second kappa shape index (κ2) is 8.85. The molecule has 108 valence electrons. The van der Waals surface area contributed by atoms with Gasteiger partial charge in [-0.05, 0) is 24.1 Å². The van der Waals surface area contributed by atoms with Gasteiger partial charge in [-0.25, -0.2) is 4.39 Å². The summed E-state index contributed by atoms with van der Waals surface area (Å²) in [6.45, 7) is 2.60. The van der Waals surface area contributed by atoms with Crippen molar-refractivity contribution < 1.29 is 24.1 Å². The lowest BCUT2D eigenvalue weighted by Crippen LogP contribution is -2.24. The molecule has 1 unspecified atom stereocenters. The Hall–Kier alpha value is -1.17. The smallest absolute Gasteiger partial charge is 0.165 e. The van der Waals surface area contributed by atoms with Crippen molar-refractivity contribution in [3.05, 3.63) is 29.6 Å². The van der Waals surface area contributed by atoms with Crippen LogP contribution in [0.4, 0.5) is 4.39 Å². The molecule has 4 nitrogen and oxygen atoms in total. The Morgan fingerprint density at radius 1 is 1.32 bits per heavy atom. The Labute approximate surface area is 112 Å². The number of aliphatic hydroxyl groups is 2. The van der Waals surface area contributed by atoms with E-state index in [-0.39, 0.29) is 25.6 Å². The van der Waals surface area contributed by atoms with Crippen molar-refractivity contribution in [2.24, 2.45) is 0 Å². The molecule has 0 radical (unpaired) electrons. The molecule has 1 atom stereocenters. The minimum Gasteiger partial charge on any atom is -0.488 e. The predicted molar refractivity (Wildman–Crippen MR) is 69.6 cm³/mol. The van der Waals surface area contributed by atoms with E-state index in [1.54, 1.807) is 6.07 Å². The van der Waals surface area contributed by atoms with Gasteiger partial charge in [-0.1, -0.05) is 19.4 Å². The van der Waals surface area contributed by atoms with Gasteiger partial charge in [-0.2, -0.15) is 0 Å². The molecule has 0 amide bonds. The number of halogens is 1. The molecule has 0 bridgehead atoms. The minimum atomic E-state index is -0.784. The highest BCUT2D eigenvalue weighted by Gasteiger charge is 2.09. The van der Waals surface area contributed by atoms with E-state index in [1.165, 1.54) is 12.1 Å².